The lowest BCUT2D eigenvalue weighted by Gasteiger charge is -2.34. The minimum atomic E-state index is -0.663. The normalized spacial score (nSPS) is 26.9. The van der Waals surface area contributed by atoms with Gasteiger partial charge in [0.25, 0.3) is 5.91 Å². The van der Waals surface area contributed by atoms with Gasteiger partial charge in [0.1, 0.15) is 17.6 Å². The van der Waals surface area contributed by atoms with E-state index >= 15 is 0 Å². The molecule has 9 nitrogen and oxygen atoms in total. The number of phenolic OH excluding ortho intramolecular Hbond substituents is 1. The van der Waals surface area contributed by atoms with E-state index in [0.29, 0.717) is 62.3 Å². The van der Waals surface area contributed by atoms with Crippen LogP contribution in [0.1, 0.15) is 41.6 Å². The Bertz CT molecular complexity index is 1420. The van der Waals surface area contributed by atoms with E-state index in [1.54, 1.807) is 18.2 Å². The zero-order valence-electron chi connectivity index (χ0n) is 23.4. The third-order valence-electron chi connectivity index (χ3n) is 8.50. The number of likely N-dealkylation sites (tertiary alicyclic amines) is 1. The number of aliphatic hydroxyl groups is 1. The minimum absolute atomic E-state index is 0.133. The number of para-hydroxylation sites is 1. The number of rotatable bonds is 3. The van der Waals surface area contributed by atoms with Gasteiger partial charge in [-0.05, 0) is 48.6 Å². The number of hydrogen-bond donors (Lipinski definition) is 4. The van der Waals surface area contributed by atoms with Gasteiger partial charge in [-0.1, -0.05) is 54.6 Å². The van der Waals surface area contributed by atoms with Crippen LogP contribution >= 0.6 is 0 Å². The molecule has 0 saturated carbocycles. The molecule has 3 heterocycles. The van der Waals surface area contributed by atoms with Gasteiger partial charge in [0, 0.05) is 37.7 Å². The van der Waals surface area contributed by atoms with Crippen LogP contribution in [-0.2, 0) is 16.1 Å². The lowest BCUT2D eigenvalue weighted by molar-refractivity contribution is -0.133. The smallest absolute Gasteiger partial charge is 0.255 e. The van der Waals surface area contributed by atoms with Crippen molar-refractivity contribution >= 4 is 11.8 Å². The number of carbonyl (C=O) groups is 2. The van der Waals surface area contributed by atoms with E-state index in [-0.39, 0.29) is 36.3 Å². The predicted octanol–water partition coefficient (Wildman–Crippen LogP) is 3.24. The molecule has 0 spiro atoms. The first-order chi connectivity index (χ1) is 20.4. The number of aliphatic hydroxyl groups excluding tert-OH is 1. The number of hydrogen-bond acceptors (Lipinski definition) is 7. The molecule has 9 heteroatoms. The van der Waals surface area contributed by atoms with Crippen molar-refractivity contribution in [3.8, 4) is 22.6 Å². The zero-order chi connectivity index (χ0) is 29.1. The van der Waals surface area contributed by atoms with Crippen molar-refractivity contribution in [3.63, 3.8) is 0 Å². The molecule has 0 aliphatic carbocycles. The zero-order valence-corrected chi connectivity index (χ0v) is 23.4. The highest BCUT2D eigenvalue weighted by Crippen LogP contribution is 2.30. The number of carbonyl (C=O) groups excluding carboxylic acids is 2. The highest BCUT2D eigenvalue weighted by molar-refractivity contribution is 5.98. The Hall–Kier alpha value is -3.92. The molecule has 2 fully saturated rings. The summed E-state index contributed by atoms with van der Waals surface area (Å²) in [5.74, 6) is 0.199. The van der Waals surface area contributed by atoms with Crippen LogP contribution in [0.2, 0.25) is 0 Å². The van der Waals surface area contributed by atoms with Crippen LogP contribution in [-0.4, -0.2) is 77.0 Å². The molecule has 220 valence electrons. The summed E-state index contributed by atoms with van der Waals surface area (Å²) in [5, 5.41) is 27.1. The lowest BCUT2D eigenvalue weighted by atomic mass is 9.99. The largest absolute Gasteiger partial charge is 0.508 e. The fraction of sp³-hybridized carbons (Fsp3) is 0.394. The molecule has 2 amide bonds. The van der Waals surface area contributed by atoms with E-state index < -0.39 is 18.2 Å². The molecule has 3 aromatic carbocycles. The molecule has 0 unspecified atom stereocenters. The van der Waals surface area contributed by atoms with Gasteiger partial charge in [0.05, 0.1) is 30.4 Å². The van der Waals surface area contributed by atoms with Gasteiger partial charge in [-0.15, -0.1) is 0 Å². The van der Waals surface area contributed by atoms with Crippen molar-refractivity contribution in [2.75, 3.05) is 19.7 Å². The van der Waals surface area contributed by atoms with E-state index in [1.165, 1.54) is 0 Å². The Morgan fingerprint density at radius 1 is 0.929 bits per heavy atom. The summed E-state index contributed by atoms with van der Waals surface area (Å²) < 4.78 is 12.4. The first-order valence-electron chi connectivity index (χ1n) is 14.7. The summed E-state index contributed by atoms with van der Waals surface area (Å²) >= 11 is 0. The van der Waals surface area contributed by atoms with Gasteiger partial charge in [0.2, 0.25) is 5.91 Å². The summed E-state index contributed by atoms with van der Waals surface area (Å²) in [7, 11) is 0. The van der Waals surface area contributed by atoms with E-state index in [0.717, 1.165) is 11.1 Å². The molecule has 4 bridgehead atoms. The second-order valence-corrected chi connectivity index (χ2v) is 11.4. The number of benzene rings is 3. The van der Waals surface area contributed by atoms with Gasteiger partial charge in [0.15, 0.2) is 0 Å². The van der Waals surface area contributed by atoms with Gasteiger partial charge >= 0.3 is 0 Å². The second-order valence-electron chi connectivity index (χ2n) is 11.4. The first kappa shape index (κ1) is 28.2. The molecule has 42 heavy (non-hydrogen) atoms. The highest BCUT2D eigenvalue weighted by atomic mass is 16.5. The molecule has 2 saturated heterocycles. The standard InChI is InChI=1S/C33H37N3O6/c37-28-9-5-4-8-23(28)19-36-20-24-17-27(36)33(40)34-18-31-29(38)13-11-25(42-31)14-15-41-30-16-22(21-6-2-1-3-7-21)10-12-26(30)32(39)35-24/h1-10,12,16,24-25,27,29,31,37-38H,11,13-15,17-20H2,(H,34,40)(H,35,39)/t24-,25-,27-,29-,31+/m0/s1. The number of ether oxygens (including phenoxy) is 2. The average Bonchev–Trinajstić information content (AvgIpc) is 3.40. The Labute approximate surface area is 245 Å². The van der Waals surface area contributed by atoms with Crippen LogP contribution in [0.3, 0.4) is 0 Å². The van der Waals surface area contributed by atoms with Crippen molar-refractivity contribution < 1.29 is 29.3 Å². The number of phenols is 1. The van der Waals surface area contributed by atoms with E-state index in [1.807, 2.05) is 59.5 Å². The molecule has 5 atom stereocenters. The summed E-state index contributed by atoms with van der Waals surface area (Å²) in [6, 6.07) is 21.8. The van der Waals surface area contributed by atoms with Crippen molar-refractivity contribution in [2.24, 2.45) is 0 Å². The fourth-order valence-electron chi connectivity index (χ4n) is 6.19. The number of aromatic hydroxyl groups is 1. The van der Waals surface area contributed by atoms with Crippen LogP contribution in [0.15, 0.2) is 72.8 Å². The van der Waals surface area contributed by atoms with Crippen LogP contribution < -0.4 is 15.4 Å². The van der Waals surface area contributed by atoms with Gasteiger partial charge in [-0.25, -0.2) is 0 Å². The average molecular weight is 572 g/mol. The maximum Gasteiger partial charge on any atom is 0.255 e. The van der Waals surface area contributed by atoms with Crippen molar-refractivity contribution in [1.82, 2.24) is 15.5 Å². The molecule has 3 aromatic rings. The minimum Gasteiger partial charge on any atom is -0.508 e. The molecular weight excluding hydrogens is 534 g/mol. The Morgan fingerprint density at radius 3 is 2.57 bits per heavy atom. The van der Waals surface area contributed by atoms with Crippen LogP contribution in [0.5, 0.6) is 11.5 Å². The quantitative estimate of drug-likeness (QED) is 0.381. The summed E-state index contributed by atoms with van der Waals surface area (Å²) in [5.41, 5.74) is 3.10. The molecule has 3 aliphatic heterocycles. The van der Waals surface area contributed by atoms with E-state index in [4.69, 9.17) is 9.47 Å². The van der Waals surface area contributed by atoms with Crippen molar-refractivity contribution in [2.45, 2.75) is 62.6 Å². The Kier molecular flexibility index (Phi) is 8.41. The molecular formula is C33H37N3O6. The summed E-state index contributed by atoms with van der Waals surface area (Å²) in [6.07, 6.45) is 0.946. The maximum atomic E-state index is 13.6. The van der Waals surface area contributed by atoms with Crippen LogP contribution in [0, 0.1) is 0 Å². The first-order valence-corrected chi connectivity index (χ1v) is 14.7. The van der Waals surface area contributed by atoms with Gasteiger partial charge < -0.3 is 30.3 Å². The Balaban J connectivity index is 1.30. The SMILES string of the molecule is O=C1N[C@H]2C[C@@H](C(=O)NC[C@H]3O[C@H](CCOc4cc(-c5ccccc5)ccc41)CC[C@@H]3O)N(Cc1ccccc1O)C2. The van der Waals surface area contributed by atoms with Crippen molar-refractivity contribution in [1.29, 1.82) is 0 Å². The van der Waals surface area contributed by atoms with Crippen LogP contribution in [0.4, 0.5) is 0 Å². The van der Waals surface area contributed by atoms with Gasteiger partial charge in [-0.2, -0.15) is 0 Å². The maximum absolute atomic E-state index is 13.6. The van der Waals surface area contributed by atoms with Gasteiger partial charge in [-0.3, -0.25) is 14.5 Å². The Morgan fingerprint density at radius 2 is 1.74 bits per heavy atom. The molecule has 6 rings (SSSR count). The third kappa shape index (κ3) is 6.28. The number of nitrogens with zero attached hydrogens (tertiary/aromatic N) is 1. The predicted molar refractivity (Wildman–Crippen MR) is 157 cm³/mol. The highest BCUT2D eigenvalue weighted by Gasteiger charge is 2.39. The van der Waals surface area contributed by atoms with E-state index in [2.05, 4.69) is 10.6 Å². The topological polar surface area (TPSA) is 120 Å². The number of nitrogens with one attached hydrogen (secondary N) is 2. The number of amides is 2. The fourth-order valence-corrected chi connectivity index (χ4v) is 6.19. The summed E-state index contributed by atoms with van der Waals surface area (Å²) in [6.45, 7) is 1.32. The molecule has 0 radical (unpaired) electrons. The molecule has 0 aromatic heterocycles. The summed E-state index contributed by atoms with van der Waals surface area (Å²) in [4.78, 5) is 29.1. The molecule has 3 aliphatic rings. The lowest BCUT2D eigenvalue weighted by Crippen LogP contribution is -2.50. The third-order valence-corrected chi connectivity index (χ3v) is 8.50. The molecule has 4 N–H and O–H groups in total. The second kappa shape index (κ2) is 12.5. The monoisotopic (exact) mass is 571 g/mol. The number of fused-ring (bicyclic) bond motifs is 5. The van der Waals surface area contributed by atoms with Crippen LogP contribution in [0.25, 0.3) is 11.1 Å². The van der Waals surface area contributed by atoms with E-state index in [9.17, 15) is 19.8 Å². The van der Waals surface area contributed by atoms with Crippen molar-refractivity contribution in [3.05, 3.63) is 83.9 Å².